The number of oxime groups is 1. The van der Waals surface area contributed by atoms with Crippen molar-refractivity contribution < 1.29 is 46.6 Å². The molecule has 0 radical (unpaired) electrons. The lowest BCUT2D eigenvalue weighted by Gasteiger charge is -2.39. The Balaban J connectivity index is 2.80. The van der Waals surface area contributed by atoms with Crippen molar-refractivity contribution in [1.29, 1.82) is 0 Å². The zero-order valence-electron chi connectivity index (χ0n) is 13.9. The van der Waals surface area contributed by atoms with E-state index in [-0.39, 0.29) is 11.5 Å². The van der Waals surface area contributed by atoms with E-state index in [9.17, 15) is 27.9 Å². The third kappa shape index (κ3) is 8.14. The zero-order chi connectivity index (χ0) is 19.9. The highest BCUT2D eigenvalue weighted by Gasteiger charge is 2.44. The SMILES string of the molecule is CS(=O)CCCCC(=NOS(=O)(=O)O)SC1OC(CO)C(O)C(O)C1O. The number of ether oxygens (including phenoxy) is 1. The molecule has 5 N–H and O–H groups in total. The van der Waals surface area contributed by atoms with Gasteiger partial charge in [0.15, 0.2) is 0 Å². The van der Waals surface area contributed by atoms with Crippen LogP contribution in [0.4, 0.5) is 0 Å². The quantitative estimate of drug-likeness (QED) is 0.0901. The molecule has 1 heterocycles. The molecule has 1 rings (SSSR count). The lowest BCUT2D eigenvalue weighted by Crippen LogP contribution is -2.57. The molecule has 14 heteroatoms. The molecule has 0 bridgehead atoms. The Hall–Kier alpha value is -0.320. The number of aliphatic hydroxyl groups excluding tert-OH is 4. The second kappa shape index (κ2) is 10.9. The number of thioether (sulfide) groups is 1. The third-order valence-corrected chi connectivity index (χ3v) is 5.71. The van der Waals surface area contributed by atoms with Crippen molar-refractivity contribution in [2.75, 3.05) is 18.6 Å². The molecule has 0 aliphatic carbocycles. The van der Waals surface area contributed by atoms with Crippen LogP contribution in [0.1, 0.15) is 19.3 Å². The average molecular weight is 438 g/mol. The van der Waals surface area contributed by atoms with E-state index in [0.717, 1.165) is 11.8 Å². The molecule has 0 amide bonds. The maximum Gasteiger partial charge on any atom is 0.466 e. The summed E-state index contributed by atoms with van der Waals surface area (Å²) in [6.07, 6.45) is -3.09. The maximum atomic E-state index is 11.1. The first kappa shape index (κ1) is 23.7. The summed E-state index contributed by atoms with van der Waals surface area (Å²) >= 11 is 0.717. The van der Waals surface area contributed by atoms with Gasteiger partial charge in [-0.15, -0.1) is 0 Å². The van der Waals surface area contributed by atoms with E-state index in [1.807, 2.05) is 0 Å². The first-order valence-corrected chi connectivity index (χ1v) is 11.5. The highest BCUT2D eigenvalue weighted by atomic mass is 32.3. The molecule has 0 aromatic heterocycles. The molecule has 0 aromatic carbocycles. The summed E-state index contributed by atoms with van der Waals surface area (Å²) in [5, 5.41) is 42.0. The van der Waals surface area contributed by atoms with E-state index in [1.54, 1.807) is 6.26 Å². The molecule has 1 fully saturated rings. The van der Waals surface area contributed by atoms with Crippen molar-refractivity contribution in [3.05, 3.63) is 0 Å². The topological polar surface area (TPSA) is 183 Å². The second-order valence-electron chi connectivity index (χ2n) is 5.54. The van der Waals surface area contributed by atoms with E-state index in [4.69, 9.17) is 14.4 Å². The first-order valence-electron chi connectivity index (χ1n) is 7.55. The minimum Gasteiger partial charge on any atom is -0.394 e. The Morgan fingerprint density at radius 3 is 2.42 bits per heavy atom. The van der Waals surface area contributed by atoms with E-state index in [0.29, 0.717) is 18.6 Å². The summed E-state index contributed by atoms with van der Waals surface area (Å²) in [7, 11) is -5.83. The Bertz CT molecular complexity index is 596. The van der Waals surface area contributed by atoms with Crippen LogP contribution in [0, 0.1) is 0 Å². The van der Waals surface area contributed by atoms with Crippen LogP contribution in [0.2, 0.25) is 0 Å². The second-order valence-corrected chi connectivity index (χ2v) is 9.27. The lowest BCUT2D eigenvalue weighted by atomic mass is 10.0. The molecular weight excluding hydrogens is 414 g/mol. The van der Waals surface area contributed by atoms with E-state index in [2.05, 4.69) is 9.44 Å². The number of nitrogens with zero attached hydrogens (tertiary/aromatic N) is 1. The molecule has 1 aliphatic heterocycles. The molecule has 6 atom stereocenters. The van der Waals surface area contributed by atoms with Crippen molar-refractivity contribution in [2.24, 2.45) is 5.16 Å². The Labute approximate surface area is 157 Å². The third-order valence-electron chi connectivity index (χ3n) is 3.41. The zero-order valence-corrected chi connectivity index (χ0v) is 16.3. The van der Waals surface area contributed by atoms with Gasteiger partial charge in [0.05, 0.1) is 6.61 Å². The number of unbranched alkanes of at least 4 members (excludes halogenated alkanes) is 1. The summed E-state index contributed by atoms with van der Waals surface area (Å²) in [6.45, 7) is -0.613. The standard InChI is InChI=1S/C12H23NO10S3/c1-25(18)5-3-2-4-8(13-23-26(19,20)21)24-12-11(17)10(16)9(15)7(6-14)22-12/h7,9-12,14-17H,2-6H2,1H3,(H,19,20,21). The van der Waals surface area contributed by atoms with Crippen molar-refractivity contribution >= 4 is 38.0 Å². The molecule has 0 spiro atoms. The van der Waals surface area contributed by atoms with E-state index in [1.165, 1.54) is 0 Å². The summed E-state index contributed by atoms with van der Waals surface area (Å²) in [5.74, 6) is 0.428. The molecule has 0 saturated carbocycles. The van der Waals surface area contributed by atoms with Crippen LogP contribution in [0.3, 0.4) is 0 Å². The molecule has 1 saturated heterocycles. The minimum absolute atomic E-state index is 0.0221. The maximum absolute atomic E-state index is 11.1. The average Bonchev–Trinajstić information content (AvgIpc) is 2.55. The molecular formula is C12H23NO10S3. The van der Waals surface area contributed by atoms with Gasteiger partial charge in [-0.05, 0) is 19.3 Å². The summed E-state index contributed by atoms with van der Waals surface area (Å²) in [4.78, 5) is 0. The van der Waals surface area contributed by atoms with Crippen molar-refractivity contribution in [2.45, 2.75) is 49.1 Å². The highest BCUT2D eigenvalue weighted by Crippen LogP contribution is 2.30. The smallest absolute Gasteiger partial charge is 0.394 e. The van der Waals surface area contributed by atoms with Gasteiger partial charge in [-0.1, -0.05) is 16.9 Å². The molecule has 0 aromatic rings. The summed E-state index contributed by atoms with van der Waals surface area (Å²) < 4.78 is 50.4. The monoisotopic (exact) mass is 437 g/mol. The highest BCUT2D eigenvalue weighted by molar-refractivity contribution is 8.14. The number of hydrogen-bond acceptors (Lipinski definition) is 11. The van der Waals surface area contributed by atoms with Gasteiger partial charge in [0.1, 0.15) is 34.9 Å². The van der Waals surface area contributed by atoms with Crippen molar-refractivity contribution in [3.8, 4) is 0 Å². The van der Waals surface area contributed by atoms with Crippen molar-refractivity contribution in [1.82, 2.24) is 0 Å². The predicted molar refractivity (Wildman–Crippen MR) is 94.2 cm³/mol. The Kier molecular flexibility index (Phi) is 9.92. The Morgan fingerprint density at radius 2 is 1.88 bits per heavy atom. The van der Waals surface area contributed by atoms with Gasteiger partial charge in [0, 0.05) is 22.8 Å². The number of hydrogen-bond donors (Lipinski definition) is 5. The first-order chi connectivity index (χ1) is 12.0. The van der Waals surface area contributed by atoms with Gasteiger partial charge in [-0.2, -0.15) is 8.42 Å². The van der Waals surface area contributed by atoms with E-state index < -0.39 is 57.7 Å². The molecule has 26 heavy (non-hydrogen) atoms. The van der Waals surface area contributed by atoms with Gasteiger partial charge in [0.25, 0.3) is 0 Å². The fourth-order valence-corrected chi connectivity index (χ4v) is 4.05. The molecule has 11 nitrogen and oxygen atoms in total. The van der Waals surface area contributed by atoms with Gasteiger partial charge >= 0.3 is 10.4 Å². The van der Waals surface area contributed by atoms with Gasteiger partial charge in [-0.3, -0.25) is 8.76 Å². The minimum atomic E-state index is -4.83. The lowest BCUT2D eigenvalue weighted by molar-refractivity contribution is -0.205. The molecule has 6 unspecified atom stereocenters. The largest absolute Gasteiger partial charge is 0.466 e. The van der Waals surface area contributed by atoms with Crippen LogP contribution in [-0.2, 0) is 30.2 Å². The number of rotatable bonds is 9. The molecule has 154 valence electrons. The molecule has 1 aliphatic rings. The number of aliphatic hydroxyl groups is 4. The summed E-state index contributed by atoms with van der Waals surface area (Å²) in [6, 6.07) is 0. The fraction of sp³-hybridized carbons (Fsp3) is 0.917. The predicted octanol–water partition coefficient (Wildman–Crippen LogP) is -1.80. The fourth-order valence-electron chi connectivity index (χ4n) is 2.10. The van der Waals surface area contributed by atoms with E-state index >= 15 is 0 Å². The summed E-state index contributed by atoms with van der Waals surface area (Å²) in [5.41, 5.74) is -1.17. The normalized spacial score (nSPS) is 31.6. The van der Waals surface area contributed by atoms with Crippen LogP contribution >= 0.6 is 11.8 Å². The van der Waals surface area contributed by atoms with Crippen LogP contribution in [0.25, 0.3) is 0 Å². The van der Waals surface area contributed by atoms with Crippen LogP contribution in [-0.4, -0.2) is 91.1 Å². The van der Waals surface area contributed by atoms with Crippen molar-refractivity contribution in [3.63, 3.8) is 0 Å². The van der Waals surface area contributed by atoms with Gasteiger partial charge in [0.2, 0.25) is 0 Å². The Morgan fingerprint density at radius 1 is 1.23 bits per heavy atom. The van der Waals surface area contributed by atoms with Gasteiger partial charge < -0.3 is 25.2 Å². The van der Waals surface area contributed by atoms with Gasteiger partial charge in [-0.25, -0.2) is 4.28 Å². The van der Waals surface area contributed by atoms with Crippen LogP contribution in [0.15, 0.2) is 5.16 Å². The van der Waals surface area contributed by atoms with Crippen LogP contribution < -0.4 is 0 Å². The van der Waals surface area contributed by atoms with Crippen LogP contribution in [0.5, 0.6) is 0 Å².